The standard InChI is InChI=1S/C28H31N5O5/c29-17-19-5-9-20(10-6-19)25(34)33-24(26(35)32-22-4-1-3-21(16-22)27(36)37)15-18-7-11-23(12-8-18)38-28-30-13-2-14-31-28/h1-4,7-8,11-14,16,19-20,24H,5-6,9-10,15,17,29H2,(H,32,35)(H,33,34)(H,36,37)/t19?,20?,24-/m0/s1. The molecule has 2 amide bonds. The number of amides is 2. The van der Waals surface area contributed by atoms with Crippen molar-refractivity contribution >= 4 is 23.5 Å². The molecule has 4 rings (SSSR count). The number of carbonyl (C=O) groups excluding carboxylic acids is 2. The van der Waals surface area contributed by atoms with Gasteiger partial charge in [-0.25, -0.2) is 14.8 Å². The molecule has 0 aliphatic heterocycles. The van der Waals surface area contributed by atoms with Crippen LogP contribution in [0.3, 0.4) is 0 Å². The van der Waals surface area contributed by atoms with Gasteiger partial charge in [0.1, 0.15) is 11.8 Å². The third kappa shape index (κ3) is 7.36. The largest absolute Gasteiger partial charge is 0.478 e. The molecule has 1 aliphatic rings. The maximum atomic E-state index is 13.3. The van der Waals surface area contributed by atoms with Crippen molar-refractivity contribution in [2.24, 2.45) is 17.6 Å². The number of hydrogen-bond donors (Lipinski definition) is 4. The van der Waals surface area contributed by atoms with Crippen molar-refractivity contribution in [2.75, 3.05) is 11.9 Å². The van der Waals surface area contributed by atoms with Crippen LogP contribution < -0.4 is 21.1 Å². The Hall–Kier alpha value is -4.31. The first-order valence-corrected chi connectivity index (χ1v) is 12.6. The highest BCUT2D eigenvalue weighted by atomic mass is 16.5. The normalized spacial score (nSPS) is 17.7. The second-order valence-electron chi connectivity index (χ2n) is 9.37. The summed E-state index contributed by atoms with van der Waals surface area (Å²) in [4.78, 5) is 45.8. The molecule has 0 spiro atoms. The third-order valence-electron chi connectivity index (χ3n) is 6.68. The van der Waals surface area contributed by atoms with Crippen molar-refractivity contribution in [2.45, 2.75) is 38.1 Å². The predicted octanol–water partition coefficient (Wildman–Crippen LogP) is 3.40. The number of carboxylic acids is 1. The van der Waals surface area contributed by atoms with E-state index >= 15 is 0 Å². The molecule has 5 N–H and O–H groups in total. The maximum absolute atomic E-state index is 13.3. The van der Waals surface area contributed by atoms with Crippen molar-refractivity contribution in [1.82, 2.24) is 15.3 Å². The molecule has 0 unspecified atom stereocenters. The summed E-state index contributed by atoms with van der Waals surface area (Å²) in [6.07, 6.45) is 6.64. The van der Waals surface area contributed by atoms with E-state index in [0.29, 0.717) is 23.9 Å². The minimum atomic E-state index is -1.10. The monoisotopic (exact) mass is 517 g/mol. The molecule has 38 heavy (non-hydrogen) atoms. The lowest BCUT2D eigenvalue weighted by Gasteiger charge is -2.28. The lowest BCUT2D eigenvalue weighted by Crippen LogP contribution is -2.48. The smallest absolute Gasteiger partial charge is 0.335 e. The predicted molar refractivity (Wildman–Crippen MR) is 141 cm³/mol. The van der Waals surface area contributed by atoms with Gasteiger partial charge in [0.15, 0.2) is 0 Å². The topological polar surface area (TPSA) is 157 Å². The molecule has 1 heterocycles. The van der Waals surface area contributed by atoms with Gasteiger partial charge < -0.3 is 26.2 Å². The Kier molecular flexibility index (Phi) is 8.99. The van der Waals surface area contributed by atoms with Crippen LogP contribution in [0.15, 0.2) is 67.0 Å². The molecule has 10 nitrogen and oxygen atoms in total. The van der Waals surface area contributed by atoms with Crippen LogP contribution in [0, 0.1) is 11.8 Å². The molecule has 3 aromatic rings. The highest BCUT2D eigenvalue weighted by molar-refractivity contribution is 5.98. The van der Waals surface area contributed by atoms with Crippen LogP contribution in [0.4, 0.5) is 5.69 Å². The fourth-order valence-corrected chi connectivity index (χ4v) is 4.49. The van der Waals surface area contributed by atoms with Gasteiger partial charge in [0.25, 0.3) is 0 Å². The second-order valence-corrected chi connectivity index (χ2v) is 9.37. The first-order chi connectivity index (χ1) is 18.4. The van der Waals surface area contributed by atoms with E-state index in [9.17, 15) is 19.5 Å². The molecule has 0 saturated heterocycles. The van der Waals surface area contributed by atoms with E-state index in [1.807, 2.05) is 12.1 Å². The molecule has 0 bridgehead atoms. The van der Waals surface area contributed by atoms with Gasteiger partial charge in [0, 0.05) is 30.4 Å². The number of nitrogens with two attached hydrogens (primary N) is 1. The van der Waals surface area contributed by atoms with Gasteiger partial charge in [-0.1, -0.05) is 18.2 Å². The molecule has 2 aromatic carbocycles. The van der Waals surface area contributed by atoms with Crippen molar-refractivity contribution in [1.29, 1.82) is 0 Å². The number of aromatic nitrogens is 2. The van der Waals surface area contributed by atoms with Gasteiger partial charge in [-0.2, -0.15) is 0 Å². The average molecular weight is 518 g/mol. The van der Waals surface area contributed by atoms with Crippen molar-refractivity contribution < 1.29 is 24.2 Å². The summed E-state index contributed by atoms with van der Waals surface area (Å²) in [6.45, 7) is 0.616. The van der Waals surface area contributed by atoms with Crippen LogP contribution in [0.2, 0.25) is 0 Å². The Balaban J connectivity index is 1.47. The number of carboxylic acid groups (broad SMARTS) is 1. The van der Waals surface area contributed by atoms with Gasteiger partial charge in [-0.05, 0) is 80.1 Å². The first kappa shape index (κ1) is 26.7. The van der Waals surface area contributed by atoms with E-state index in [2.05, 4.69) is 20.6 Å². The number of ether oxygens (including phenoxy) is 1. The minimum Gasteiger partial charge on any atom is -0.478 e. The molecular formula is C28H31N5O5. The molecule has 0 radical (unpaired) electrons. The van der Waals surface area contributed by atoms with Crippen LogP contribution in [0.25, 0.3) is 0 Å². The number of aromatic carboxylic acids is 1. The number of benzene rings is 2. The SMILES string of the molecule is NCC1CCC(C(=O)N[C@@H](Cc2ccc(Oc3ncccn3)cc2)C(=O)Nc2cccc(C(=O)O)c2)CC1. The fraction of sp³-hybridized carbons (Fsp3) is 0.321. The lowest BCUT2D eigenvalue weighted by atomic mass is 9.81. The molecular weight excluding hydrogens is 486 g/mol. The molecule has 1 aromatic heterocycles. The summed E-state index contributed by atoms with van der Waals surface area (Å²) in [5.41, 5.74) is 6.98. The molecule has 10 heteroatoms. The summed E-state index contributed by atoms with van der Waals surface area (Å²) in [6, 6.07) is 14.1. The van der Waals surface area contributed by atoms with E-state index in [1.54, 1.807) is 42.7 Å². The highest BCUT2D eigenvalue weighted by Crippen LogP contribution is 2.28. The van der Waals surface area contributed by atoms with E-state index in [1.165, 1.54) is 12.1 Å². The third-order valence-corrected chi connectivity index (χ3v) is 6.68. The Bertz CT molecular complexity index is 1240. The van der Waals surface area contributed by atoms with Crippen LogP contribution in [0.1, 0.15) is 41.6 Å². The molecule has 1 atom stereocenters. The van der Waals surface area contributed by atoms with Gasteiger partial charge in [-0.3, -0.25) is 9.59 Å². The number of anilines is 1. The fourth-order valence-electron chi connectivity index (χ4n) is 4.49. The number of nitrogens with one attached hydrogen (secondary N) is 2. The van der Waals surface area contributed by atoms with E-state index in [0.717, 1.165) is 31.2 Å². The Morgan fingerprint density at radius 1 is 1.00 bits per heavy atom. The number of nitrogens with zero attached hydrogens (tertiary/aromatic N) is 2. The average Bonchev–Trinajstić information content (AvgIpc) is 2.94. The zero-order valence-electron chi connectivity index (χ0n) is 20.9. The summed E-state index contributed by atoms with van der Waals surface area (Å²) in [5, 5.41) is 14.9. The van der Waals surface area contributed by atoms with Crippen molar-refractivity contribution in [3.05, 3.63) is 78.1 Å². The second kappa shape index (κ2) is 12.8. The molecule has 1 saturated carbocycles. The minimum absolute atomic E-state index is 0.0537. The summed E-state index contributed by atoms with van der Waals surface area (Å²) in [5.74, 6) is -0.906. The van der Waals surface area contributed by atoms with Gasteiger partial charge in [-0.15, -0.1) is 0 Å². The van der Waals surface area contributed by atoms with Gasteiger partial charge >= 0.3 is 12.0 Å². The molecule has 1 fully saturated rings. The summed E-state index contributed by atoms with van der Waals surface area (Å²) >= 11 is 0. The van der Waals surface area contributed by atoms with Crippen LogP contribution in [-0.2, 0) is 16.0 Å². The summed E-state index contributed by atoms with van der Waals surface area (Å²) < 4.78 is 5.63. The zero-order valence-corrected chi connectivity index (χ0v) is 20.9. The summed E-state index contributed by atoms with van der Waals surface area (Å²) in [7, 11) is 0. The van der Waals surface area contributed by atoms with Crippen LogP contribution in [-0.4, -0.2) is 45.4 Å². The van der Waals surface area contributed by atoms with Crippen molar-refractivity contribution in [3.8, 4) is 11.8 Å². The Morgan fingerprint density at radius 2 is 1.71 bits per heavy atom. The quantitative estimate of drug-likeness (QED) is 0.319. The van der Waals surface area contributed by atoms with E-state index in [-0.39, 0.29) is 29.8 Å². The van der Waals surface area contributed by atoms with Gasteiger partial charge in [0.2, 0.25) is 11.8 Å². The van der Waals surface area contributed by atoms with E-state index < -0.39 is 17.9 Å². The highest BCUT2D eigenvalue weighted by Gasteiger charge is 2.29. The molecule has 198 valence electrons. The number of hydrogen-bond acceptors (Lipinski definition) is 7. The lowest BCUT2D eigenvalue weighted by molar-refractivity contribution is -0.130. The van der Waals surface area contributed by atoms with Crippen molar-refractivity contribution in [3.63, 3.8) is 0 Å². The number of carbonyl (C=O) groups is 3. The van der Waals surface area contributed by atoms with Crippen LogP contribution >= 0.6 is 0 Å². The molecule has 1 aliphatic carbocycles. The maximum Gasteiger partial charge on any atom is 0.335 e. The van der Waals surface area contributed by atoms with E-state index in [4.69, 9.17) is 10.5 Å². The van der Waals surface area contributed by atoms with Crippen LogP contribution in [0.5, 0.6) is 11.8 Å². The van der Waals surface area contributed by atoms with Gasteiger partial charge in [0.05, 0.1) is 5.56 Å². The zero-order chi connectivity index (χ0) is 26.9. The Labute approximate surface area is 220 Å². The number of rotatable bonds is 10. The Morgan fingerprint density at radius 3 is 2.37 bits per heavy atom. The first-order valence-electron chi connectivity index (χ1n) is 12.6.